The van der Waals surface area contributed by atoms with E-state index in [2.05, 4.69) is 16.5 Å². The summed E-state index contributed by atoms with van der Waals surface area (Å²) in [6.45, 7) is 0.349. The summed E-state index contributed by atoms with van der Waals surface area (Å²) in [6, 6.07) is 2.05. The molecule has 4 aliphatic rings. The van der Waals surface area contributed by atoms with Crippen LogP contribution < -0.4 is 5.69 Å². The van der Waals surface area contributed by atoms with E-state index >= 15 is 0 Å². The van der Waals surface area contributed by atoms with Crippen molar-refractivity contribution in [3.63, 3.8) is 0 Å². The van der Waals surface area contributed by atoms with Crippen LogP contribution in [0, 0.1) is 29.1 Å². The number of aryl methyl sites for hydroxylation is 1. The van der Waals surface area contributed by atoms with Gasteiger partial charge in [0.2, 0.25) is 0 Å². The molecule has 0 aliphatic heterocycles. The first-order chi connectivity index (χ1) is 9.70. The summed E-state index contributed by atoms with van der Waals surface area (Å²) >= 11 is 0. The van der Waals surface area contributed by atoms with Gasteiger partial charge in [0.15, 0.2) is 0 Å². The highest BCUT2D eigenvalue weighted by Gasteiger charge is 2.53. The summed E-state index contributed by atoms with van der Waals surface area (Å²) in [6.07, 6.45) is 7.62. The van der Waals surface area contributed by atoms with Crippen molar-refractivity contribution in [1.29, 1.82) is 5.26 Å². The molecular weight excluding hydrogens is 254 g/mol. The van der Waals surface area contributed by atoms with Crippen molar-refractivity contribution in [2.24, 2.45) is 17.8 Å². The zero-order chi connectivity index (χ0) is 13.7. The first-order valence-electron chi connectivity index (χ1n) is 7.60. The number of rotatable bonds is 3. The Balaban J connectivity index is 1.69. The van der Waals surface area contributed by atoms with E-state index in [1.807, 2.05) is 0 Å². The summed E-state index contributed by atoms with van der Waals surface area (Å²) in [7, 11) is 0. The minimum absolute atomic E-state index is 0.0727. The van der Waals surface area contributed by atoms with Gasteiger partial charge in [-0.2, -0.15) is 14.6 Å². The highest BCUT2D eigenvalue weighted by molar-refractivity contribution is 5.04. The SMILES string of the molecule is N#CCCn1nnn(C23CC4CC(CC(C4)C2)C3)c1=O. The average molecular weight is 273 g/mol. The molecule has 0 unspecified atom stereocenters. The maximum absolute atomic E-state index is 12.5. The monoisotopic (exact) mass is 273 g/mol. The van der Waals surface area contributed by atoms with Crippen LogP contribution in [0.3, 0.4) is 0 Å². The van der Waals surface area contributed by atoms with Crippen molar-refractivity contribution in [2.75, 3.05) is 0 Å². The lowest BCUT2D eigenvalue weighted by molar-refractivity contribution is -0.0521. The van der Waals surface area contributed by atoms with Gasteiger partial charge in [-0.3, -0.25) is 0 Å². The molecule has 0 aromatic carbocycles. The van der Waals surface area contributed by atoms with E-state index in [0.717, 1.165) is 37.0 Å². The largest absolute Gasteiger partial charge is 0.364 e. The Hall–Kier alpha value is -1.64. The Labute approximate surface area is 117 Å². The fourth-order valence-electron chi connectivity index (χ4n) is 5.19. The summed E-state index contributed by atoms with van der Waals surface area (Å²) < 4.78 is 3.01. The van der Waals surface area contributed by atoms with Crippen molar-refractivity contribution >= 4 is 0 Å². The van der Waals surface area contributed by atoms with Crippen molar-refractivity contribution in [3.05, 3.63) is 10.5 Å². The third kappa shape index (κ3) is 1.65. The number of hydrogen-bond acceptors (Lipinski definition) is 4. The standard InChI is InChI=1S/C14H19N5O/c15-2-1-3-18-13(20)19(17-16-18)14-7-10-4-11(8-14)6-12(5-10)9-14/h10-12H,1,3-9H2. The third-order valence-corrected chi connectivity index (χ3v) is 5.53. The molecule has 1 heterocycles. The molecule has 1 aromatic heterocycles. The predicted molar refractivity (Wildman–Crippen MR) is 70.7 cm³/mol. The summed E-state index contributed by atoms with van der Waals surface area (Å²) in [4.78, 5) is 12.5. The van der Waals surface area contributed by atoms with Crippen LogP contribution in [-0.2, 0) is 12.1 Å². The van der Waals surface area contributed by atoms with Crippen LogP contribution in [0.15, 0.2) is 4.79 Å². The van der Waals surface area contributed by atoms with Gasteiger partial charge in [0.25, 0.3) is 0 Å². The Morgan fingerprint density at radius 1 is 1.15 bits per heavy atom. The van der Waals surface area contributed by atoms with E-state index in [9.17, 15) is 4.79 Å². The van der Waals surface area contributed by atoms with Gasteiger partial charge in [-0.05, 0) is 66.7 Å². The fourth-order valence-corrected chi connectivity index (χ4v) is 5.19. The summed E-state index contributed by atoms with van der Waals surface area (Å²) in [5.41, 5.74) is -0.196. The van der Waals surface area contributed by atoms with Crippen molar-refractivity contribution < 1.29 is 0 Å². The molecule has 4 aliphatic carbocycles. The van der Waals surface area contributed by atoms with Crippen LogP contribution >= 0.6 is 0 Å². The van der Waals surface area contributed by atoms with Crippen LogP contribution in [0.2, 0.25) is 0 Å². The topological polar surface area (TPSA) is 76.5 Å². The van der Waals surface area contributed by atoms with Gasteiger partial charge >= 0.3 is 5.69 Å². The average Bonchev–Trinajstić information content (AvgIpc) is 2.77. The first kappa shape index (κ1) is 12.1. The maximum atomic E-state index is 12.5. The van der Waals surface area contributed by atoms with Crippen molar-refractivity contribution in [3.8, 4) is 6.07 Å². The van der Waals surface area contributed by atoms with Crippen LogP contribution in [0.5, 0.6) is 0 Å². The van der Waals surface area contributed by atoms with Crippen LogP contribution in [0.4, 0.5) is 0 Å². The molecule has 0 atom stereocenters. The fraction of sp³-hybridized carbons (Fsp3) is 0.857. The van der Waals surface area contributed by atoms with Crippen LogP contribution in [0.1, 0.15) is 44.9 Å². The van der Waals surface area contributed by atoms with E-state index < -0.39 is 0 Å². The molecule has 0 radical (unpaired) electrons. The van der Waals surface area contributed by atoms with Crippen LogP contribution in [0.25, 0.3) is 0 Å². The molecule has 6 heteroatoms. The number of nitriles is 1. The van der Waals surface area contributed by atoms with Gasteiger partial charge < -0.3 is 0 Å². The summed E-state index contributed by atoms with van der Waals surface area (Å²) in [5.74, 6) is 2.33. The van der Waals surface area contributed by atoms with Gasteiger partial charge in [-0.15, -0.1) is 0 Å². The molecule has 4 fully saturated rings. The molecule has 6 nitrogen and oxygen atoms in total. The number of nitrogens with zero attached hydrogens (tertiary/aromatic N) is 5. The highest BCUT2D eigenvalue weighted by atomic mass is 16.2. The van der Waals surface area contributed by atoms with Gasteiger partial charge in [0.05, 0.1) is 24.6 Å². The second kappa shape index (κ2) is 4.18. The highest BCUT2D eigenvalue weighted by Crippen LogP contribution is 2.58. The Morgan fingerprint density at radius 2 is 1.75 bits per heavy atom. The number of tetrazole rings is 1. The molecular formula is C14H19N5O. The normalized spacial score (nSPS) is 38.0. The number of hydrogen-bond donors (Lipinski definition) is 0. The van der Waals surface area contributed by atoms with E-state index in [4.69, 9.17) is 5.26 Å². The molecule has 0 amide bonds. The maximum Gasteiger partial charge on any atom is 0.364 e. The van der Waals surface area contributed by atoms with E-state index in [-0.39, 0.29) is 11.2 Å². The molecule has 1 aromatic rings. The van der Waals surface area contributed by atoms with E-state index in [1.54, 1.807) is 4.68 Å². The lowest BCUT2D eigenvalue weighted by Gasteiger charge is -2.55. The molecule has 0 spiro atoms. The lowest BCUT2D eigenvalue weighted by Crippen LogP contribution is -2.55. The first-order valence-corrected chi connectivity index (χ1v) is 7.60. The third-order valence-electron chi connectivity index (χ3n) is 5.53. The molecule has 106 valence electrons. The Morgan fingerprint density at radius 3 is 2.30 bits per heavy atom. The molecule has 4 saturated carbocycles. The second-order valence-corrected chi connectivity index (χ2v) is 6.95. The number of aromatic nitrogens is 4. The predicted octanol–water partition coefficient (Wildman–Crippen LogP) is 1.28. The molecule has 0 N–H and O–H groups in total. The minimum atomic E-state index is -0.123. The zero-order valence-electron chi connectivity index (χ0n) is 11.5. The lowest BCUT2D eigenvalue weighted by atomic mass is 9.53. The molecule has 0 saturated heterocycles. The van der Waals surface area contributed by atoms with Crippen LogP contribution in [-0.4, -0.2) is 19.8 Å². The van der Waals surface area contributed by atoms with E-state index in [1.165, 1.54) is 23.9 Å². The van der Waals surface area contributed by atoms with Gasteiger partial charge in [0, 0.05) is 0 Å². The Kier molecular flexibility index (Phi) is 2.53. The van der Waals surface area contributed by atoms with Gasteiger partial charge in [-0.25, -0.2) is 4.79 Å². The van der Waals surface area contributed by atoms with E-state index in [0.29, 0.717) is 13.0 Å². The molecule has 20 heavy (non-hydrogen) atoms. The Bertz CT molecular complexity index is 587. The minimum Gasteiger partial charge on any atom is -0.244 e. The van der Waals surface area contributed by atoms with Crippen molar-refractivity contribution in [2.45, 2.75) is 57.0 Å². The van der Waals surface area contributed by atoms with Gasteiger partial charge in [0.1, 0.15) is 0 Å². The quantitative estimate of drug-likeness (QED) is 0.831. The zero-order valence-corrected chi connectivity index (χ0v) is 11.5. The smallest absolute Gasteiger partial charge is 0.244 e. The van der Waals surface area contributed by atoms with Crippen molar-refractivity contribution in [1.82, 2.24) is 19.8 Å². The molecule has 5 rings (SSSR count). The van der Waals surface area contributed by atoms with Gasteiger partial charge in [-0.1, -0.05) is 0 Å². The summed E-state index contributed by atoms with van der Waals surface area (Å²) in [5, 5.41) is 16.8. The second-order valence-electron chi connectivity index (χ2n) is 6.95. The molecule has 4 bridgehead atoms.